The van der Waals surface area contributed by atoms with Crippen molar-refractivity contribution < 1.29 is 9.26 Å². The maximum Gasteiger partial charge on any atom is 0.170 e. The number of nitrogens with zero attached hydrogens (tertiary/aromatic N) is 3. The maximum atomic E-state index is 5.48. The molecule has 6 heteroatoms. The van der Waals surface area contributed by atoms with Crippen LogP contribution in [-0.4, -0.2) is 33.9 Å². The Morgan fingerprint density at radius 1 is 1.27 bits per heavy atom. The summed E-state index contributed by atoms with van der Waals surface area (Å²) < 4.78 is 10.7. The first-order valence-corrected chi connectivity index (χ1v) is 9.08. The molecule has 2 aromatic heterocycles. The van der Waals surface area contributed by atoms with E-state index in [2.05, 4.69) is 32.4 Å². The van der Waals surface area contributed by atoms with Crippen molar-refractivity contribution in [3.8, 4) is 17.1 Å². The molecule has 1 unspecified atom stereocenters. The van der Waals surface area contributed by atoms with Crippen molar-refractivity contribution in [2.75, 3.05) is 13.7 Å². The summed E-state index contributed by atoms with van der Waals surface area (Å²) in [5.41, 5.74) is 4.30. The fraction of sp³-hybridized carbons (Fsp3) is 0.400. The second-order valence-electron chi connectivity index (χ2n) is 6.86. The summed E-state index contributed by atoms with van der Waals surface area (Å²) in [6.07, 6.45) is 5.39. The zero-order chi connectivity index (χ0) is 17.9. The van der Waals surface area contributed by atoms with Gasteiger partial charge in [0.05, 0.1) is 36.3 Å². The van der Waals surface area contributed by atoms with Gasteiger partial charge in [-0.05, 0) is 44.0 Å². The molecular weight excluding hydrogens is 328 g/mol. The van der Waals surface area contributed by atoms with Gasteiger partial charge in [0.25, 0.3) is 0 Å². The number of benzene rings is 1. The lowest BCUT2D eigenvalue weighted by molar-refractivity contribution is 0.137. The highest BCUT2D eigenvalue weighted by Gasteiger charge is 2.28. The van der Waals surface area contributed by atoms with E-state index in [1.54, 1.807) is 7.11 Å². The molecule has 26 heavy (non-hydrogen) atoms. The Bertz CT molecular complexity index is 853. The molecule has 3 heterocycles. The number of hydrogen-bond acceptors (Lipinski definition) is 5. The summed E-state index contributed by atoms with van der Waals surface area (Å²) in [5.74, 6) is 1.67. The van der Waals surface area contributed by atoms with Gasteiger partial charge < -0.3 is 9.26 Å². The molecule has 0 bridgehead atoms. The predicted molar refractivity (Wildman–Crippen MR) is 98.8 cm³/mol. The van der Waals surface area contributed by atoms with Gasteiger partial charge in [0.15, 0.2) is 5.76 Å². The van der Waals surface area contributed by atoms with Crippen LogP contribution >= 0.6 is 0 Å². The minimum Gasteiger partial charge on any atom is -0.497 e. The lowest BCUT2D eigenvalue weighted by Gasteiger charge is -2.35. The molecule has 1 saturated heterocycles. The van der Waals surface area contributed by atoms with Crippen LogP contribution in [0.4, 0.5) is 0 Å². The molecule has 0 aliphatic carbocycles. The van der Waals surface area contributed by atoms with Gasteiger partial charge in [0, 0.05) is 12.6 Å². The standard InChI is InChI=1S/C20H24N4O2/c1-14-11-19(26-23-14)17-12-21-22-20(17)18-5-3-4-10-24(18)13-15-6-8-16(25-2)9-7-15/h6-9,11-12,18H,3-5,10,13H2,1-2H3,(H,21,22). The summed E-state index contributed by atoms with van der Waals surface area (Å²) in [7, 11) is 1.70. The lowest BCUT2D eigenvalue weighted by Crippen LogP contribution is -2.33. The van der Waals surface area contributed by atoms with E-state index in [1.165, 1.54) is 18.4 Å². The highest BCUT2D eigenvalue weighted by atomic mass is 16.5. The molecule has 6 nitrogen and oxygen atoms in total. The quantitative estimate of drug-likeness (QED) is 0.748. The van der Waals surface area contributed by atoms with Gasteiger partial charge in [0.1, 0.15) is 5.75 Å². The molecule has 1 N–H and O–H groups in total. The van der Waals surface area contributed by atoms with Gasteiger partial charge in [-0.3, -0.25) is 10.00 Å². The molecule has 0 spiro atoms. The van der Waals surface area contributed by atoms with Crippen molar-refractivity contribution in [2.45, 2.75) is 38.8 Å². The minimum absolute atomic E-state index is 0.300. The summed E-state index contributed by atoms with van der Waals surface area (Å²) in [5, 5.41) is 11.5. The number of ether oxygens (including phenoxy) is 1. The molecule has 1 atom stereocenters. The van der Waals surface area contributed by atoms with Crippen LogP contribution in [0.3, 0.4) is 0 Å². The van der Waals surface area contributed by atoms with Crippen molar-refractivity contribution in [3.63, 3.8) is 0 Å². The Morgan fingerprint density at radius 3 is 2.85 bits per heavy atom. The first-order chi connectivity index (χ1) is 12.7. The Labute approximate surface area is 153 Å². The molecule has 0 saturated carbocycles. The lowest BCUT2D eigenvalue weighted by atomic mass is 9.95. The Morgan fingerprint density at radius 2 is 2.12 bits per heavy atom. The third-order valence-corrected chi connectivity index (χ3v) is 5.05. The number of likely N-dealkylation sites (tertiary alicyclic amines) is 1. The molecule has 1 fully saturated rings. The SMILES string of the molecule is COc1ccc(CN2CCCCC2c2[nH]ncc2-c2cc(C)no2)cc1. The number of H-pyrrole nitrogens is 1. The van der Waals surface area contributed by atoms with Gasteiger partial charge in [-0.1, -0.05) is 23.7 Å². The van der Waals surface area contributed by atoms with E-state index in [9.17, 15) is 0 Å². The summed E-state index contributed by atoms with van der Waals surface area (Å²) >= 11 is 0. The van der Waals surface area contributed by atoms with Gasteiger partial charge >= 0.3 is 0 Å². The summed E-state index contributed by atoms with van der Waals surface area (Å²) in [6.45, 7) is 3.91. The Balaban J connectivity index is 1.59. The molecule has 0 amide bonds. The molecule has 1 aliphatic heterocycles. The molecule has 4 rings (SSSR count). The number of nitrogens with one attached hydrogen (secondary N) is 1. The second-order valence-corrected chi connectivity index (χ2v) is 6.86. The van der Waals surface area contributed by atoms with Gasteiger partial charge in [-0.15, -0.1) is 0 Å². The maximum absolute atomic E-state index is 5.48. The van der Waals surface area contributed by atoms with Crippen LogP contribution in [0.15, 0.2) is 41.1 Å². The van der Waals surface area contributed by atoms with Crippen LogP contribution in [0, 0.1) is 6.92 Å². The largest absolute Gasteiger partial charge is 0.497 e. The van der Waals surface area contributed by atoms with Crippen LogP contribution in [0.25, 0.3) is 11.3 Å². The van der Waals surface area contributed by atoms with Crippen LogP contribution in [0.1, 0.15) is 42.3 Å². The zero-order valence-electron chi connectivity index (χ0n) is 15.2. The van der Waals surface area contributed by atoms with Crippen LogP contribution < -0.4 is 4.74 Å². The van der Waals surface area contributed by atoms with Gasteiger partial charge in [-0.25, -0.2) is 0 Å². The smallest absolute Gasteiger partial charge is 0.170 e. The average molecular weight is 352 g/mol. The molecule has 136 valence electrons. The number of methoxy groups -OCH3 is 1. The van der Waals surface area contributed by atoms with Crippen molar-refractivity contribution in [2.24, 2.45) is 0 Å². The van der Waals surface area contributed by atoms with E-state index in [0.29, 0.717) is 6.04 Å². The number of aromatic amines is 1. The summed E-state index contributed by atoms with van der Waals surface area (Å²) in [4.78, 5) is 2.52. The van der Waals surface area contributed by atoms with E-state index in [0.717, 1.165) is 48.0 Å². The highest BCUT2D eigenvalue weighted by Crippen LogP contribution is 2.36. The van der Waals surface area contributed by atoms with Gasteiger partial charge in [0.2, 0.25) is 0 Å². The molecule has 1 aliphatic rings. The second kappa shape index (κ2) is 7.33. The van der Waals surface area contributed by atoms with Crippen LogP contribution in [-0.2, 0) is 6.54 Å². The van der Waals surface area contributed by atoms with E-state index in [4.69, 9.17) is 9.26 Å². The van der Waals surface area contributed by atoms with E-state index in [-0.39, 0.29) is 0 Å². The normalized spacial score (nSPS) is 18.2. The molecule has 1 aromatic carbocycles. The fourth-order valence-corrected chi connectivity index (χ4v) is 3.71. The molecule has 3 aromatic rings. The monoisotopic (exact) mass is 352 g/mol. The van der Waals surface area contributed by atoms with Crippen LogP contribution in [0.5, 0.6) is 5.75 Å². The molecular formula is C20H24N4O2. The number of piperidine rings is 1. The number of aryl methyl sites for hydroxylation is 1. The van der Waals surface area contributed by atoms with Crippen molar-refractivity contribution in [3.05, 3.63) is 53.5 Å². The third-order valence-electron chi connectivity index (χ3n) is 5.05. The first-order valence-electron chi connectivity index (χ1n) is 9.08. The first kappa shape index (κ1) is 16.8. The number of aromatic nitrogens is 3. The predicted octanol–water partition coefficient (Wildman–Crippen LogP) is 4.11. The molecule has 0 radical (unpaired) electrons. The van der Waals surface area contributed by atoms with Crippen LogP contribution in [0.2, 0.25) is 0 Å². The Kier molecular flexibility index (Phi) is 4.75. The number of hydrogen-bond donors (Lipinski definition) is 1. The van der Waals surface area contributed by atoms with Crippen molar-refractivity contribution >= 4 is 0 Å². The summed E-state index contributed by atoms with van der Waals surface area (Å²) in [6, 6.07) is 10.6. The topological polar surface area (TPSA) is 67.2 Å². The van der Waals surface area contributed by atoms with E-state index in [1.807, 2.05) is 31.3 Å². The van der Waals surface area contributed by atoms with Gasteiger partial charge in [-0.2, -0.15) is 5.10 Å². The Hall–Kier alpha value is -2.60. The average Bonchev–Trinajstić information content (AvgIpc) is 3.31. The fourth-order valence-electron chi connectivity index (χ4n) is 3.71. The van der Waals surface area contributed by atoms with Crippen molar-refractivity contribution in [1.29, 1.82) is 0 Å². The van der Waals surface area contributed by atoms with E-state index < -0.39 is 0 Å². The number of rotatable bonds is 5. The highest BCUT2D eigenvalue weighted by molar-refractivity contribution is 5.60. The minimum atomic E-state index is 0.300. The third kappa shape index (κ3) is 3.37. The zero-order valence-corrected chi connectivity index (χ0v) is 15.2. The van der Waals surface area contributed by atoms with Crippen molar-refractivity contribution in [1.82, 2.24) is 20.3 Å². The van der Waals surface area contributed by atoms with E-state index >= 15 is 0 Å².